The number of hydrogen-bond donors (Lipinski definition) is 1. The smallest absolute Gasteiger partial charge is 0.268 e. The number of fused-ring (bicyclic) bond motifs is 1. The molecular weight excluding hydrogens is 252 g/mol. The minimum Gasteiger partial charge on any atom is -0.312 e. The predicted molar refractivity (Wildman–Crippen MR) is 73.0 cm³/mol. The van der Waals surface area contributed by atoms with E-state index >= 15 is 0 Å². The normalized spacial score (nSPS) is 11.2. The third-order valence-electron chi connectivity index (χ3n) is 2.73. The van der Waals surface area contributed by atoms with Crippen molar-refractivity contribution in [2.75, 3.05) is 0 Å². The molecule has 5 heteroatoms. The molecule has 17 heavy (non-hydrogen) atoms. The lowest BCUT2D eigenvalue weighted by Gasteiger charge is -1.86. The van der Waals surface area contributed by atoms with Crippen LogP contribution in [-0.4, -0.2) is 9.97 Å². The molecular formula is C12H10N2OS2. The van der Waals surface area contributed by atoms with Crippen molar-refractivity contribution < 1.29 is 0 Å². The Labute approximate surface area is 106 Å². The number of nitrogens with one attached hydrogen (secondary N) is 1. The maximum atomic E-state index is 11.6. The number of rotatable bonds is 1. The van der Waals surface area contributed by atoms with Crippen LogP contribution in [0.2, 0.25) is 0 Å². The molecule has 0 aliphatic heterocycles. The number of aryl methyl sites for hydroxylation is 2. The highest BCUT2D eigenvalue weighted by Crippen LogP contribution is 2.36. The quantitative estimate of drug-likeness (QED) is 0.731. The summed E-state index contributed by atoms with van der Waals surface area (Å²) in [5, 5.41) is 0. The standard InChI is InChI=1S/C12H10N2OS2/c1-6-3-9(16-7(6)2)10-4-8-11(17-10)12(15)14-5-13-8/h3-5H,1-2H3,(H,13,14,15). The topological polar surface area (TPSA) is 45.8 Å². The summed E-state index contributed by atoms with van der Waals surface area (Å²) in [7, 11) is 0. The number of hydrogen-bond acceptors (Lipinski definition) is 4. The molecule has 3 aromatic rings. The number of thiophene rings is 2. The van der Waals surface area contributed by atoms with Crippen LogP contribution in [0.5, 0.6) is 0 Å². The summed E-state index contributed by atoms with van der Waals surface area (Å²) < 4.78 is 0.700. The minimum atomic E-state index is -0.0590. The number of H-pyrrole nitrogens is 1. The van der Waals surface area contributed by atoms with E-state index in [0.717, 1.165) is 10.4 Å². The van der Waals surface area contributed by atoms with Gasteiger partial charge in [-0.3, -0.25) is 4.79 Å². The summed E-state index contributed by atoms with van der Waals surface area (Å²) in [6.45, 7) is 4.22. The Balaban J connectivity index is 2.25. The highest BCUT2D eigenvalue weighted by Gasteiger charge is 2.10. The molecule has 0 aromatic carbocycles. The zero-order valence-electron chi connectivity index (χ0n) is 9.40. The molecule has 0 saturated carbocycles. The van der Waals surface area contributed by atoms with Gasteiger partial charge in [0.1, 0.15) is 4.70 Å². The zero-order chi connectivity index (χ0) is 12.0. The lowest BCUT2D eigenvalue weighted by Crippen LogP contribution is -2.02. The van der Waals surface area contributed by atoms with Gasteiger partial charge < -0.3 is 4.98 Å². The first kappa shape index (κ1) is 10.7. The monoisotopic (exact) mass is 262 g/mol. The molecule has 86 valence electrons. The maximum Gasteiger partial charge on any atom is 0.268 e. The number of aromatic amines is 1. The van der Waals surface area contributed by atoms with E-state index in [0.29, 0.717) is 4.70 Å². The molecule has 0 aliphatic carbocycles. The maximum absolute atomic E-state index is 11.6. The van der Waals surface area contributed by atoms with Crippen LogP contribution in [0, 0.1) is 13.8 Å². The van der Waals surface area contributed by atoms with Gasteiger partial charge in [-0.25, -0.2) is 4.98 Å². The van der Waals surface area contributed by atoms with Gasteiger partial charge in [0, 0.05) is 14.6 Å². The lowest BCUT2D eigenvalue weighted by molar-refractivity contribution is 1.18. The first-order valence-electron chi connectivity index (χ1n) is 5.20. The second-order valence-corrected chi connectivity index (χ2v) is 6.22. The fraction of sp³-hybridized carbons (Fsp3) is 0.167. The summed E-state index contributed by atoms with van der Waals surface area (Å²) in [5.41, 5.74) is 2.01. The summed E-state index contributed by atoms with van der Waals surface area (Å²) in [6.07, 6.45) is 1.45. The molecule has 0 atom stereocenters. The molecule has 0 unspecified atom stereocenters. The van der Waals surface area contributed by atoms with Crippen LogP contribution in [-0.2, 0) is 0 Å². The first-order valence-corrected chi connectivity index (χ1v) is 6.83. The Kier molecular flexibility index (Phi) is 2.38. The molecule has 3 nitrogen and oxygen atoms in total. The van der Waals surface area contributed by atoms with Crippen LogP contribution < -0.4 is 5.56 Å². The van der Waals surface area contributed by atoms with Crippen LogP contribution >= 0.6 is 22.7 Å². The van der Waals surface area contributed by atoms with Gasteiger partial charge in [0.05, 0.1) is 11.8 Å². The third-order valence-corrected chi connectivity index (χ3v) is 5.20. The molecule has 0 radical (unpaired) electrons. The number of aromatic nitrogens is 2. The Morgan fingerprint density at radius 2 is 1.94 bits per heavy atom. The second-order valence-electron chi connectivity index (χ2n) is 3.91. The molecule has 1 N–H and O–H groups in total. The first-order chi connectivity index (χ1) is 8.15. The SMILES string of the molecule is Cc1cc(-c2cc3nc[nH]c(=O)c3s2)sc1C. The second kappa shape index (κ2) is 3.78. The molecule has 0 fully saturated rings. The average Bonchev–Trinajstić information content (AvgIpc) is 2.85. The fourth-order valence-electron chi connectivity index (χ4n) is 1.68. The Morgan fingerprint density at radius 1 is 1.18 bits per heavy atom. The van der Waals surface area contributed by atoms with Crippen LogP contribution in [0.3, 0.4) is 0 Å². The molecule has 0 spiro atoms. The van der Waals surface area contributed by atoms with Crippen molar-refractivity contribution in [1.82, 2.24) is 9.97 Å². The van der Waals surface area contributed by atoms with E-state index in [2.05, 4.69) is 29.9 Å². The largest absolute Gasteiger partial charge is 0.312 e. The van der Waals surface area contributed by atoms with E-state index in [9.17, 15) is 4.79 Å². The van der Waals surface area contributed by atoms with Crippen molar-refractivity contribution in [3.63, 3.8) is 0 Å². The van der Waals surface area contributed by atoms with Gasteiger partial charge in [-0.05, 0) is 31.5 Å². The van der Waals surface area contributed by atoms with Gasteiger partial charge in [-0.1, -0.05) is 0 Å². The van der Waals surface area contributed by atoms with Crippen LogP contribution in [0.15, 0.2) is 23.3 Å². The van der Waals surface area contributed by atoms with Crippen LogP contribution in [0.4, 0.5) is 0 Å². The molecule has 0 bridgehead atoms. The molecule has 0 aliphatic rings. The molecule has 3 aromatic heterocycles. The van der Waals surface area contributed by atoms with Gasteiger partial charge >= 0.3 is 0 Å². The summed E-state index contributed by atoms with van der Waals surface area (Å²) in [5.74, 6) is 0. The summed E-state index contributed by atoms with van der Waals surface area (Å²) >= 11 is 3.26. The minimum absolute atomic E-state index is 0.0590. The molecule has 3 heterocycles. The van der Waals surface area contributed by atoms with Crippen molar-refractivity contribution >= 4 is 32.9 Å². The van der Waals surface area contributed by atoms with Crippen LogP contribution in [0.25, 0.3) is 20.0 Å². The Hall–Kier alpha value is -1.46. The van der Waals surface area contributed by atoms with Gasteiger partial charge in [0.25, 0.3) is 5.56 Å². The molecule has 0 saturated heterocycles. The zero-order valence-corrected chi connectivity index (χ0v) is 11.0. The van der Waals surface area contributed by atoms with E-state index < -0.39 is 0 Å². The highest BCUT2D eigenvalue weighted by atomic mass is 32.1. The van der Waals surface area contributed by atoms with Crippen molar-refractivity contribution in [2.24, 2.45) is 0 Å². The van der Waals surface area contributed by atoms with E-state index in [1.807, 2.05) is 6.07 Å². The van der Waals surface area contributed by atoms with Gasteiger partial charge in [-0.2, -0.15) is 0 Å². The Bertz CT molecular complexity index is 732. The highest BCUT2D eigenvalue weighted by molar-refractivity contribution is 7.26. The molecule has 3 rings (SSSR count). The van der Waals surface area contributed by atoms with Crippen molar-refractivity contribution in [2.45, 2.75) is 13.8 Å². The summed E-state index contributed by atoms with van der Waals surface area (Å²) in [4.78, 5) is 22.0. The van der Waals surface area contributed by atoms with Gasteiger partial charge in [-0.15, -0.1) is 22.7 Å². The van der Waals surface area contributed by atoms with Gasteiger partial charge in [0.15, 0.2) is 0 Å². The molecule has 0 amide bonds. The van der Waals surface area contributed by atoms with E-state index in [1.54, 1.807) is 11.3 Å². The van der Waals surface area contributed by atoms with E-state index in [1.165, 1.54) is 33.0 Å². The van der Waals surface area contributed by atoms with Crippen molar-refractivity contribution in [3.05, 3.63) is 39.3 Å². The Morgan fingerprint density at radius 3 is 2.59 bits per heavy atom. The third kappa shape index (κ3) is 1.71. The summed E-state index contributed by atoms with van der Waals surface area (Å²) in [6, 6.07) is 4.15. The van der Waals surface area contributed by atoms with E-state index in [4.69, 9.17) is 0 Å². The van der Waals surface area contributed by atoms with Crippen LogP contribution in [0.1, 0.15) is 10.4 Å². The fourth-order valence-corrected chi connectivity index (χ4v) is 3.79. The van der Waals surface area contributed by atoms with Gasteiger partial charge in [0.2, 0.25) is 0 Å². The van der Waals surface area contributed by atoms with Crippen molar-refractivity contribution in [3.8, 4) is 9.75 Å². The number of nitrogens with zero attached hydrogens (tertiary/aromatic N) is 1. The average molecular weight is 262 g/mol. The van der Waals surface area contributed by atoms with Crippen molar-refractivity contribution in [1.29, 1.82) is 0 Å². The van der Waals surface area contributed by atoms with E-state index in [-0.39, 0.29) is 5.56 Å². The predicted octanol–water partition coefficient (Wildman–Crippen LogP) is 3.33. The lowest BCUT2D eigenvalue weighted by atomic mass is 10.2.